The van der Waals surface area contributed by atoms with Gasteiger partial charge in [0.05, 0.1) is 12.3 Å². The maximum atomic E-state index is 6.11. The first-order valence-corrected chi connectivity index (χ1v) is 10.4. The summed E-state index contributed by atoms with van der Waals surface area (Å²) < 4.78 is 5.83. The number of hydrogen-bond donors (Lipinski definition) is 1. The molecule has 26 heavy (non-hydrogen) atoms. The van der Waals surface area contributed by atoms with Crippen LogP contribution in [0.2, 0.25) is 0 Å². The quantitative estimate of drug-likeness (QED) is 0.271. The molecule has 0 atom stereocenters. The lowest BCUT2D eigenvalue weighted by molar-refractivity contribution is 0.304. The molecule has 0 fully saturated rings. The van der Waals surface area contributed by atoms with Crippen molar-refractivity contribution >= 4 is 11.6 Å². The topological polar surface area (TPSA) is 50.9 Å². The lowest BCUT2D eigenvalue weighted by atomic mass is 10.1. The van der Waals surface area contributed by atoms with Crippen LogP contribution in [0, 0.1) is 0 Å². The van der Waals surface area contributed by atoms with E-state index in [0.717, 1.165) is 31.0 Å². The van der Waals surface area contributed by atoms with Crippen LogP contribution in [0.5, 0.6) is 5.75 Å². The number of benzene rings is 1. The van der Waals surface area contributed by atoms with E-state index in [4.69, 9.17) is 10.5 Å². The molecule has 0 heterocycles. The highest BCUT2D eigenvalue weighted by atomic mass is 16.5. The molecule has 1 rings (SSSR count). The molecule has 0 aliphatic carbocycles. The third-order valence-electron chi connectivity index (χ3n) is 4.61. The lowest BCUT2D eigenvalue weighted by Crippen LogP contribution is -2.41. The fraction of sp³-hybridized carbons (Fsp3) is 0.682. The molecule has 0 aliphatic heterocycles. The summed E-state index contributed by atoms with van der Waals surface area (Å²) >= 11 is 0. The predicted octanol–water partition coefficient (Wildman–Crippen LogP) is 5.88. The molecular formula is C22H39N3O. The van der Waals surface area contributed by atoms with Crippen LogP contribution in [0.1, 0.15) is 79.1 Å². The number of guanidine groups is 1. The highest BCUT2D eigenvalue weighted by Gasteiger charge is 2.09. The summed E-state index contributed by atoms with van der Waals surface area (Å²) in [6.45, 7) is 10.2. The van der Waals surface area contributed by atoms with Gasteiger partial charge >= 0.3 is 0 Å². The summed E-state index contributed by atoms with van der Waals surface area (Å²) in [7, 11) is 0. The Kier molecular flexibility index (Phi) is 11.6. The van der Waals surface area contributed by atoms with E-state index in [0.29, 0.717) is 12.0 Å². The minimum Gasteiger partial charge on any atom is -0.494 e. The third kappa shape index (κ3) is 9.12. The lowest BCUT2D eigenvalue weighted by Gasteiger charge is -2.25. The van der Waals surface area contributed by atoms with Crippen LogP contribution in [0.4, 0.5) is 5.69 Å². The molecule has 0 aromatic heterocycles. The Hall–Kier alpha value is -1.71. The number of ether oxygens (including phenoxy) is 1. The largest absolute Gasteiger partial charge is 0.494 e. The van der Waals surface area contributed by atoms with Gasteiger partial charge in [0.1, 0.15) is 5.75 Å². The van der Waals surface area contributed by atoms with Gasteiger partial charge in [-0.3, -0.25) is 0 Å². The average molecular weight is 362 g/mol. The van der Waals surface area contributed by atoms with Crippen molar-refractivity contribution in [3.63, 3.8) is 0 Å². The van der Waals surface area contributed by atoms with Crippen molar-refractivity contribution in [2.75, 3.05) is 13.2 Å². The smallest absolute Gasteiger partial charge is 0.196 e. The molecule has 4 heteroatoms. The summed E-state index contributed by atoms with van der Waals surface area (Å²) in [6.07, 6.45) is 10.5. The molecule has 0 radical (unpaired) electrons. The number of hydrogen-bond acceptors (Lipinski definition) is 2. The van der Waals surface area contributed by atoms with Crippen molar-refractivity contribution < 1.29 is 4.74 Å². The van der Waals surface area contributed by atoms with E-state index in [-0.39, 0.29) is 0 Å². The molecule has 0 saturated carbocycles. The van der Waals surface area contributed by atoms with E-state index < -0.39 is 0 Å². The van der Waals surface area contributed by atoms with Crippen molar-refractivity contribution in [1.82, 2.24) is 4.90 Å². The van der Waals surface area contributed by atoms with Gasteiger partial charge in [0, 0.05) is 12.6 Å². The molecule has 0 unspecified atom stereocenters. The number of aliphatic imine (C=N–C) groups is 1. The van der Waals surface area contributed by atoms with Crippen LogP contribution in [-0.2, 0) is 0 Å². The van der Waals surface area contributed by atoms with Crippen molar-refractivity contribution in [2.45, 2.75) is 85.1 Å². The van der Waals surface area contributed by atoms with Crippen molar-refractivity contribution in [1.29, 1.82) is 0 Å². The first kappa shape index (κ1) is 22.3. The van der Waals surface area contributed by atoms with E-state index >= 15 is 0 Å². The summed E-state index contributed by atoms with van der Waals surface area (Å²) in [5.41, 5.74) is 6.97. The molecule has 148 valence electrons. The van der Waals surface area contributed by atoms with Crippen LogP contribution in [0.15, 0.2) is 29.3 Å². The molecule has 4 nitrogen and oxygen atoms in total. The third-order valence-corrected chi connectivity index (χ3v) is 4.61. The summed E-state index contributed by atoms with van der Waals surface area (Å²) in [4.78, 5) is 6.58. The maximum Gasteiger partial charge on any atom is 0.196 e. The van der Waals surface area contributed by atoms with E-state index in [1.807, 2.05) is 24.3 Å². The molecule has 1 aromatic rings. The fourth-order valence-electron chi connectivity index (χ4n) is 3.03. The Morgan fingerprint density at radius 3 is 2.08 bits per heavy atom. The second kappa shape index (κ2) is 13.5. The van der Waals surface area contributed by atoms with E-state index in [1.165, 1.54) is 44.9 Å². The Bertz CT molecular complexity index is 497. The van der Waals surface area contributed by atoms with Crippen LogP contribution < -0.4 is 10.5 Å². The van der Waals surface area contributed by atoms with Crippen molar-refractivity contribution in [3.8, 4) is 5.75 Å². The van der Waals surface area contributed by atoms with Gasteiger partial charge in [-0.05, 0) is 51.5 Å². The van der Waals surface area contributed by atoms with Crippen molar-refractivity contribution in [2.24, 2.45) is 10.7 Å². The van der Waals surface area contributed by atoms with Crippen LogP contribution in [0.3, 0.4) is 0 Å². The minimum absolute atomic E-state index is 0.345. The van der Waals surface area contributed by atoms with Gasteiger partial charge in [-0.1, -0.05) is 51.9 Å². The Morgan fingerprint density at radius 1 is 0.962 bits per heavy atom. The van der Waals surface area contributed by atoms with Crippen LogP contribution in [-0.4, -0.2) is 30.1 Å². The second-order valence-electron chi connectivity index (χ2n) is 7.17. The number of nitrogens with zero attached hydrogens (tertiary/aromatic N) is 2. The number of nitrogens with two attached hydrogens (primary N) is 1. The minimum atomic E-state index is 0.345. The van der Waals surface area contributed by atoms with Gasteiger partial charge in [0.15, 0.2) is 5.96 Å². The molecule has 2 N–H and O–H groups in total. The molecule has 1 aromatic carbocycles. The highest BCUT2D eigenvalue weighted by Crippen LogP contribution is 2.19. The summed E-state index contributed by atoms with van der Waals surface area (Å²) in [5, 5.41) is 0. The Morgan fingerprint density at radius 2 is 1.54 bits per heavy atom. The van der Waals surface area contributed by atoms with Gasteiger partial charge in [-0.25, -0.2) is 4.99 Å². The molecule has 0 saturated heterocycles. The first-order chi connectivity index (χ1) is 12.6. The van der Waals surface area contributed by atoms with Gasteiger partial charge in [0.25, 0.3) is 0 Å². The Balaban J connectivity index is 2.28. The van der Waals surface area contributed by atoms with E-state index in [2.05, 4.69) is 37.6 Å². The van der Waals surface area contributed by atoms with Crippen molar-refractivity contribution in [3.05, 3.63) is 24.3 Å². The zero-order valence-corrected chi connectivity index (χ0v) is 17.3. The normalized spacial score (nSPS) is 11.8. The predicted molar refractivity (Wildman–Crippen MR) is 113 cm³/mol. The molecular weight excluding hydrogens is 322 g/mol. The van der Waals surface area contributed by atoms with Crippen LogP contribution >= 0.6 is 0 Å². The zero-order chi connectivity index (χ0) is 19.2. The SMILES string of the molecule is CCCCCCCCCCOc1ccc(N=C(N)N(CC)C(C)C)cc1. The molecule has 0 amide bonds. The first-order valence-electron chi connectivity index (χ1n) is 10.4. The van der Waals surface area contributed by atoms with Gasteiger partial charge in [0.2, 0.25) is 0 Å². The summed E-state index contributed by atoms with van der Waals surface area (Å²) in [5.74, 6) is 1.47. The molecule has 0 spiro atoms. The summed E-state index contributed by atoms with van der Waals surface area (Å²) in [6, 6.07) is 8.22. The molecule has 0 aliphatic rings. The van der Waals surface area contributed by atoms with Gasteiger partial charge in [-0.2, -0.15) is 0 Å². The van der Waals surface area contributed by atoms with Gasteiger partial charge < -0.3 is 15.4 Å². The monoisotopic (exact) mass is 361 g/mol. The zero-order valence-electron chi connectivity index (χ0n) is 17.3. The number of rotatable bonds is 13. The highest BCUT2D eigenvalue weighted by molar-refractivity contribution is 5.81. The standard InChI is InChI=1S/C22H39N3O/c1-5-7-8-9-10-11-12-13-18-26-21-16-14-20(15-17-21)24-22(23)25(6-2)19(3)4/h14-17,19H,5-13,18H2,1-4H3,(H2,23,24). The number of unbranched alkanes of at least 4 members (excludes halogenated alkanes) is 7. The Labute approximate surface area is 160 Å². The average Bonchev–Trinajstić information content (AvgIpc) is 2.62. The maximum absolute atomic E-state index is 6.11. The molecule has 0 bridgehead atoms. The van der Waals surface area contributed by atoms with E-state index in [1.54, 1.807) is 0 Å². The van der Waals surface area contributed by atoms with Crippen LogP contribution in [0.25, 0.3) is 0 Å². The second-order valence-corrected chi connectivity index (χ2v) is 7.17. The fourth-order valence-corrected chi connectivity index (χ4v) is 3.03. The van der Waals surface area contributed by atoms with Gasteiger partial charge in [-0.15, -0.1) is 0 Å². The van der Waals surface area contributed by atoms with E-state index in [9.17, 15) is 0 Å².